The van der Waals surface area contributed by atoms with Crippen LogP contribution in [0.4, 0.5) is 0 Å². The normalized spacial score (nSPS) is 26.7. The molecule has 48 valence electrons. The second kappa shape index (κ2) is 2.70. The van der Waals surface area contributed by atoms with E-state index in [1.807, 2.05) is 0 Å². The fourth-order valence-corrected chi connectivity index (χ4v) is 0.995. The first-order chi connectivity index (χ1) is 4.33. The summed E-state index contributed by atoms with van der Waals surface area (Å²) in [5.74, 6) is 3.23. The van der Waals surface area contributed by atoms with Gasteiger partial charge < -0.3 is 5.32 Å². The Morgan fingerprint density at radius 3 is 3.11 bits per heavy atom. The smallest absolute Gasteiger partial charge is 0.0282 e. The van der Waals surface area contributed by atoms with Crippen LogP contribution in [0.15, 0.2) is 11.6 Å². The fraction of sp³-hybridized carbons (Fsp3) is 0.500. The first-order valence-corrected chi connectivity index (χ1v) is 3.21. The van der Waals surface area contributed by atoms with Crippen molar-refractivity contribution in [3.05, 3.63) is 11.6 Å². The van der Waals surface area contributed by atoms with Crippen molar-refractivity contribution in [1.82, 2.24) is 5.32 Å². The van der Waals surface area contributed by atoms with Gasteiger partial charge in [0.25, 0.3) is 0 Å². The molecule has 1 aliphatic rings. The Labute approximate surface area is 56.1 Å². The number of hydrogen-bond donors (Lipinski definition) is 1. The molecule has 1 unspecified atom stereocenters. The minimum absolute atomic E-state index is 0.602. The molecule has 0 radical (unpaired) electrons. The number of terminal acetylenes is 1. The van der Waals surface area contributed by atoms with Crippen LogP contribution in [0.25, 0.3) is 0 Å². The Hall–Kier alpha value is -0.740. The molecule has 1 heterocycles. The first kappa shape index (κ1) is 6.38. The van der Waals surface area contributed by atoms with Crippen LogP contribution in [-0.4, -0.2) is 13.1 Å². The van der Waals surface area contributed by atoms with Gasteiger partial charge in [-0.1, -0.05) is 18.9 Å². The van der Waals surface area contributed by atoms with Gasteiger partial charge in [0.2, 0.25) is 0 Å². The Morgan fingerprint density at radius 1 is 1.89 bits per heavy atom. The summed E-state index contributed by atoms with van der Waals surface area (Å²) in [7, 11) is 0. The monoisotopic (exact) mass is 121 g/mol. The molecule has 0 amide bonds. The van der Waals surface area contributed by atoms with Crippen molar-refractivity contribution in [1.29, 1.82) is 0 Å². The van der Waals surface area contributed by atoms with E-state index in [1.54, 1.807) is 0 Å². The first-order valence-electron chi connectivity index (χ1n) is 3.21. The molecule has 0 aromatic heterocycles. The van der Waals surface area contributed by atoms with Crippen molar-refractivity contribution < 1.29 is 0 Å². The van der Waals surface area contributed by atoms with Crippen LogP contribution >= 0.6 is 0 Å². The molecule has 1 rings (SSSR count). The minimum Gasteiger partial charge on any atom is -0.311 e. The molecule has 0 aromatic carbocycles. The summed E-state index contributed by atoms with van der Waals surface area (Å²) in [5.41, 5.74) is 1.09. The predicted molar refractivity (Wildman–Crippen MR) is 38.9 cm³/mol. The molecule has 1 nitrogen and oxygen atoms in total. The van der Waals surface area contributed by atoms with Crippen molar-refractivity contribution in [3.63, 3.8) is 0 Å². The average Bonchev–Trinajstić information content (AvgIpc) is 1.88. The zero-order chi connectivity index (χ0) is 6.69. The number of rotatable bonds is 0. The largest absolute Gasteiger partial charge is 0.311 e. The molecule has 0 spiro atoms. The van der Waals surface area contributed by atoms with Gasteiger partial charge in [-0.2, -0.15) is 0 Å². The molecule has 1 N–H and O–H groups in total. The zero-order valence-electron chi connectivity index (χ0n) is 5.65. The van der Waals surface area contributed by atoms with Crippen LogP contribution in [0.1, 0.15) is 6.92 Å². The van der Waals surface area contributed by atoms with Gasteiger partial charge in [0.1, 0.15) is 0 Å². The number of nitrogens with one attached hydrogen (secondary N) is 1. The third-order valence-electron chi connectivity index (χ3n) is 1.45. The Morgan fingerprint density at radius 2 is 2.67 bits per heavy atom. The standard InChI is InChI=1S/C8H11N/c1-3-8-4-7(2)5-9-6-8/h1,4,7,9H,5-6H2,2H3. The lowest BCUT2D eigenvalue weighted by molar-refractivity contribution is 0.590. The van der Waals surface area contributed by atoms with E-state index in [0.29, 0.717) is 5.92 Å². The lowest BCUT2D eigenvalue weighted by Gasteiger charge is -2.15. The van der Waals surface area contributed by atoms with Crippen LogP contribution in [0, 0.1) is 18.3 Å². The molecule has 9 heavy (non-hydrogen) atoms. The lowest BCUT2D eigenvalue weighted by atomic mass is 10.0. The van der Waals surface area contributed by atoms with Gasteiger partial charge >= 0.3 is 0 Å². The molecule has 0 saturated heterocycles. The maximum atomic E-state index is 5.21. The van der Waals surface area contributed by atoms with Crippen LogP contribution in [-0.2, 0) is 0 Å². The molecule has 1 heteroatoms. The lowest BCUT2D eigenvalue weighted by Crippen LogP contribution is -2.27. The molecule has 1 aliphatic heterocycles. The van der Waals surface area contributed by atoms with Crippen molar-refractivity contribution in [2.45, 2.75) is 6.92 Å². The third-order valence-corrected chi connectivity index (χ3v) is 1.45. The summed E-state index contributed by atoms with van der Waals surface area (Å²) in [6.45, 7) is 4.09. The van der Waals surface area contributed by atoms with E-state index in [9.17, 15) is 0 Å². The summed E-state index contributed by atoms with van der Waals surface area (Å²) < 4.78 is 0. The van der Waals surface area contributed by atoms with Gasteiger partial charge in [0, 0.05) is 18.7 Å². The van der Waals surface area contributed by atoms with Gasteiger partial charge in [0.15, 0.2) is 0 Å². The van der Waals surface area contributed by atoms with Crippen molar-refractivity contribution in [3.8, 4) is 12.3 Å². The highest BCUT2D eigenvalue weighted by molar-refractivity contribution is 5.28. The summed E-state index contributed by atoms with van der Waals surface area (Å²) >= 11 is 0. The second-order valence-electron chi connectivity index (χ2n) is 2.44. The topological polar surface area (TPSA) is 12.0 Å². The van der Waals surface area contributed by atoms with Crippen LogP contribution in [0.5, 0.6) is 0 Å². The molecule has 0 saturated carbocycles. The SMILES string of the molecule is C#CC1=CC(C)CNC1. The van der Waals surface area contributed by atoms with Gasteiger partial charge in [0.05, 0.1) is 0 Å². The summed E-state index contributed by atoms with van der Waals surface area (Å²) in [4.78, 5) is 0. The van der Waals surface area contributed by atoms with E-state index in [2.05, 4.69) is 24.2 Å². The maximum Gasteiger partial charge on any atom is 0.0282 e. The highest BCUT2D eigenvalue weighted by Crippen LogP contribution is 2.05. The Kier molecular flexibility index (Phi) is 1.92. The van der Waals surface area contributed by atoms with Gasteiger partial charge in [-0.15, -0.1) is 6.42 Å². The summed E-state index contributed by atoms with van der Waals surface area (Å²) in [6.07, 6.45) is 7.36. The predicted octanol–water partition coefficient (Wildman–Crippen LogP) is 0.785. The minimum atomic E-state index is 0.602. The van der Waals surface area contributed by atoms with Crippen LogP contribution in [0.2, 0.25) is 0 Å². The molecule has 0 fully saturated rings. The van der Waals surface area contributed by atoms with E-state index >= 15 is 0 Å². The molecule has 0 bridgehead atoms. The van der Waals surface area contributed by atoms with Crippen molar-refractivity contribution in [2.24, 2.45) is 5.92 Å². The third kappa shape index (κ3) is 1.58. The molecule has 1 atom stereocenters. The van der Waals surface area contributed by atoms with E-state index in [0.717, 1.165) is 18.7 Å². The van der Waals surface area contributed by atoms with E-state index in [-0.39, 0.29) is 0 Å². The van der Waals surface area contributed by atoms with Crippen LogP contribution in [0.3, 0.4) is 0 Å². The van der Waals surface area contributed by atoms with Crippen molar-refractivity contribution >= 4 is 0 Å². The van der Waals surface area contributed by atoms with Gasteiger partial charge in [-0.05, 0) is 5.92 Å². The quantitative estimate of drug-likeness (QED) is 0.467. The maximum absolute atomic E-state index is 5.21. The highest BCUT2D eigenvalue weighted by Gasteiger charge is 2.05. The highest BCUT2D eigenvalue weighted by atomic mass is 14.9. The molecular formula is C8H11N. The molecular weight excluding hydrogens is 110 g/mol. The summed E-state index contributed by atoms with van der Waals surface area (Å²) in [6, 6.07) is 0. The number of hydrogen-bond acceptors (Lipinski definition) is 1. The fourth-order valence-electron chi connectivity index (χ4n) is 0.995. The second-order valence-corrected chi connectivity index (χ2v) is 2.44. The van der Waals surface area contributed by atoms with E-state index in [1.165, 1.54) is 0 Å². The Balaban J connectivity index is 2.62. The average molecular weight is 121 g/mol. The van der Waals surface area contributed by atoms with E-state index < -0.39 is 0 Å². The van der Waals surface area contributed by atoms with Gasteiger partial charge in [-0.3, -0.25) is 0 Å². The molecule has 0 aromatic rings. The molecule has 0 aliphatic carbocycles. The Bertz CT molecular complexity index is 162. The van der Waals surface area contributed by atoms with E-state index in [4.69, 9.17) is 6.42 Å². The zero-order valence-corrected chi connectivity index (χ0v) is 5.65. The summed E-state index contributed by atoms with van der Waals surface area (Å²) in [5, 5.41) is 3.22. The van der Waals surface area contributed by atoms with Crippen LogP contribution < -0.4 is 5.32 Å². The van der Waals surface area contributed by atoms with Gasteiger partial charge in [-0.25, -0.2) is 0 Å². The van der Waals surface area contributed by atoms with Crippen molar-refractivity contribution in [2.75, 3.05) is 13.1 Å².